The zero-order valence-electron chi connectivity index (χ0n) is 9.57. The van der Waals surface area contributed by atoms with Crippen molar-refractivity contribution in [3.63, 3.8) is 0 Å². The Labute approximate surface area is 124 Å². The SMILES string of the molecule is OC(CNCc1ccc(Br)s1)c1ccccc1Cl. The van der Waals surface area contributed by atoms with Crippen molar-refractivity contribution in [2.24, 2.45) is 0 Å². The second kappa shape index (κ2) is 6.68. The van der Waals surface area contributed by atoms with Crippen LogP contribution < -0.4 is 5.32 Å². The molecule has 2 N–H and O–H groups in total. The third-order valence-corrected chi connectivity index (χ3v) is 4.50. The molecule has 1 atom stereocenters. The molecule has 2 aromatic rings. The Morgan fingerprint density at radius 3 is 2.72 bits per heavy atom. The van der Waals surface area contributed by atoms with Crippen molar-refractivity contribution in [2.75, 3.05) is 6.54 Å². The van der Waals surface area contributed by atoms with E-state index in [1.165, 1.54) is 4.88 Å². The highest BCUT2D eigenvalue weighted by Crippen LogP contribution is 2.23. The fourth-order valence-corrected chi connectivity index (χ4v) is 3.35. The van der Waals surface area contributed by atoms with E-state index in [2.05, 4.69) is 27.3 Å². The predicted octanol–water partition coefficient (Wildman–Crippen LogP) is 3.99. The molecular weight excluding hydrogens is 334 g/mol. The Morgan fingerprint density at radius 1 is 1.28 bits per heavy atom. The number of aliphatic hydroxyl groups excluding tert-OH is 1. The van der Waals surface area contributed by atoms with Crippen LogP contribution in [0, 0.1) is 0 Å². The van der Waals surface area contributed by atoms with E-state index in [0.29, 0.717) is 11.6 Å². The molecule has 18 heavy (non-hydrogen) atoms. The van der Waals surface area contributed by atoms with Gasteiger partial charge in [-0.05, 0) is 34.1 Å². The van der Waals surface area contributed by atoms with Crippen molar-refractivity contribution in [2.45, 2.75) is 12.6 Å². The minimum Gasteiger partial charge on any atom is -0.387 e. The fourth-order valence-electron chi connectivity index (χ4n) is 1.63. The van der Waals surface area contributed by atoms with Crippen molar-refractivity contribution in [1.29, 1.82) is 0 Å². The first-order valence-electron chi connectivity index (χ1n) is 5.54. The molecule has 1 aromatic heterocycles. The van der Waals surface area contributed by atoms with Crippen LogP contribution in [0.1, 0.15) is 16.5 Å². The van der Waals surface area contributed by atoms with E-state index in [4.69, 9.17) is 11.6 Å². The van der Waals surface area contributed by atoms with E-state index in [-0.39, 0.29) is 0 Å². The van der Waals surface area contributed by atoms with Crippen LogP contribution in [0.4, 0.5) is 0 Å². The van der Waals surface area contributed by atoms with Gasteiger partial charge in [0.05, 0.1) is 9.89 Å². The monoisotopic (exact) mass is 345 g/mol. The van der Waals surface area contributed by atoms with Crippen molar-refractivity contribution < 1.29 is 5.11 Å². The van der Waals surface area contributed by atoms with Crippen molar-refractivity contribution in [3.05, 3.63) is 55.6 Å². The summed E-state index contributed by atoms with van der Waals surface area (Å²) in [5.41, 5.74) is 0.763. The maximum Gasteiger partial charge on any atom is 0.0928 e. The molecule has 0 aliphatic rings. The molecule has 0 fully saturated rings. The lowest BCUT2D eigenvalue weighted by Gasteiger charge is -2.13. The van der Waals surface area contributed by atoms with Gasteiger partial charge in [-0.25, -0.2) is 0 Å². The van der Waals surface area contributed by atoms with Crippen molar-refractivity contribution in [3.8, 4) is 0 Å². The molecule has 0 saturated heterocycles. The average Bonchev–Trinajstić information content (AvgIpc) is 2.75. The molecule has 5 heteroatoms. The first-order chi connectivity index (χ1) is 8.66. The fraction of sp³-hybridized carbons (Fsp3) is 0.231. The molecule has 96 valence electrons. The Hall–Kier alpha value is -0.390. The van der Waals surface area contributed by atoms with E-state index >= 15 is 0 Å². The van der Waals surface area contributed by atoms with Gasteiger partial charge in [0.2, 0.25) is 0 Å². The maximum absolute atomic E-state index is 10.0. The normalized spacial score (nSPS) is 12.6. The Morgan fingerprint density at radius 2 is 2.06 bits per heavy atom. The van der Waals surface area contributed by atoms with E-state index in [1.54, 1.807) is 17.4 Å². The number of nitrogens with one attached hydrogen (secondary N) is 1. The van der Waals surface area contributed by atoms with Crippen LogP contribution in [0.3, 0.4) is 0 Å². The summed E-state index contributed by atoms with van der Waals surface area (Å²) in [6, 6.07) is 11.4. The van der Waals surface area contributed by atoms with Gasteiger partial charge in [-0.3, -0.25) is 0 Å². The van der Waals surface area contributed by atoms with Gasteiger partial charge in [-0.15, -0.1) is 11.3 Å². The molecular formula is C13H13BrClNOS. The third-order valence-electron chi connectivity index (χ3n) is 2.53. The second-order valence-electron chi connectivity index (χ2n) is 3.87. The minimum absolute atomic E-state index is 0.485. The predicted molar refractivity (Wildman–Crippen MR) is 80.1 cm³/mol. The summed E-state index contributed by atoms with van der Waals surface area (Å²) in [6.07, 6.45) is -0.581. The molecule has 2 nitrogen and oxygen atoms in total. The first kappa shape index (κ1) is 14.0. The molecule has 0 radical (unpaired) electrons. The Balaban J connectivity index is 1.85. The molecule has 0 saturated carbocycles. The van der Waals surface area contributed by atoms with Crippen LogP contribution in [0.25, 0.3) is 0 Å². The lowest BCUT2D eigenvalue weighted by atomic mass is 10.1. The van der Waals surface area contributed by atoms with Gasteiger partial charge in [-0.2, -0.15) is 0 Å². The minimum atomic E-state index is -0.581. The topological polar surface area (TPSA) is 32.3 Å². The summed E-state index contributed by atoms with van der Waals surface area (Å²) < 4.78 is 1.12. The lowest BCUT2D eigenvalue weighted by molar-refractivity contribution is 0.174. The summed E-state index contributed by atoms with van der Waals surface area (Å²) >= 11 is 11.1. The molecule has 0 aliphatic carbocycles. The first-order valence-corrected chi connectivity index (χ1v) is 7.53. The summed E-state index contributed by atoms with van der Waals surface area (Å²) in [7, 11) is 0. The standard InChI is InChI=1S/C13H13BrClNOS/c14-13-6-5-9(18-13)7-16-8-12(17)10-3-1-2-4-11(10)15/h1-6,12,16-17H,7-8H2. The molecule has 0 amide bonds. The van der Waals surface area contributed by atoms with Gasteiger partial charge in [0.15, 0.2) is 0 Å². The summed E-state index contributed by atoms with van der Waals surface area (Å²) in [6.45, 7) is 1.23. The molecule has 1 heterocycles. The van der Waals surface area contributed by atoms with E-state index in [9.17, 15) is 5.11 Å². The highest BCUT2D eigenvalue weighted by atomic mass is 79.9. The Kier molecular flexibility index (Phi) is 5.21. The van der Waals surface area contributed by atoms with Crippen LogP contribution in [-0.4, -0.2) is 11.7 Å². The molecule has 0 spiro atoms. The number of hydrogen-bond acceptors (Lipinski definition) is 3. The average molecular weight is 347 g/mol. The number of hydrogen-bond donors (Lipinski definition) is 2. The maximum atomic E-state index is 10.0. The van der Waals surface area contributed by atoms with E-state index in [0.717, 1.165) is 15.9 Å². The van der Waals surface area contributed by atoms with Crippen LogP contribution >= 0.6 is 38.9 Å². The van der Waals surface area contributed by atoms with Crippen LogP contribution in [0.2, 0.25) is 5.02 Å². The Bertz CT molecular complexity index is 517. The summed E-state index contributed by atoms with van der Waals surface area (Å²) in [5.74, 6) is 0. The second-order valence-corrected chi connectivity index (χ2v) is 6.83. The zero-order valence-corrected chi connectivity index (χ0v) is 12.7. The highest BCUT2D eigenvalue weighted by molar-refractivity contribution is 9.11. The van der Waals surface area contributed by atoms with E-state index < -0.39 is 6.10 Å². The van der Waals surface area contributed by atoms with Crippen LogP contribution in [0.15, 0.2) is 40.2 Å². The van der Waals surface area contributed by atoms with Crippen LogP contribution in [0.5, 0.6) is 0 Å². The van der Waals surface area contributed by atoms with Gasteiger partial charge in [0.25, 0.3) is 0 Å². The van der Waals surface area contributed by atoms with Crippen molar-refractivity contribution >= 4 is 38.9 Å². The number of benzene rings is 1. The quantitative estimate of drug-likeness (QED) is 0.858. The largest absolute Gasteiger partial charge is 0.387 e. The third kappa shape index (κ3) is 3.80. The number of halogens is 2. The van der Waals surface area contributed by atoms with Gasteiger partial charge in [0.1, 0.15) is 0 Å². The van der Waals surface area contributed by atoms with Gasteiger partial charge in [-0.1, -0.05) is 29.8 Å². The van der Waals surface area contributed by atoms with Crippen LogP contribution in [-0.2, 0) is 6.54 Å². The number of rotatable bonds is 5. The zero-order chi connectivity index (χ0) is 13.0. The lowest BCUT2D eigenvalue weighted by Crippen LogP contribution is -2.20. The summed E-state index contributed by atoms with van der Waals surface area (Å²) in [5, 5.41) is 13.9. The van der Waals surface area contributed by atoms with Gasteiger partial charge >= 0.3 is 0 Å². The number of aliphatic hydroxyl groups is 1. The smallest absolute Gasteiger partial charge is 0.0928 e. The molecule has 2 rings (SSSR count). The van der Waals surface area contributed by atoms with Gasteiger partial charge in [0, 0.05) is 28.6 Å². The van der Waals surface area contributed by atoms with Gasteiger partial charge < -0.3 is 10.4 Å². The van der Waals surface area contributed by atoms with Crippen molar-refractivity contribution in [1.82, 2.24) is 5.32 Å². The molecule has 0 bridgehead atoms. The molecule has 0 aliphatic heterocycles. The highest BCUT2D eigenvalue weighted by Gasteiger charge is 2.10. The summed E-state index contributed by atoms with van der Waals surface area (Å²) in [4.78, 5) is 1.23. The molecule has 1 unspecified atom stereocenters. The van der Waals surface area contributed by atoms with E-state index in [1.807, 2.05) is 24.3 Å². The number of thiophene rings is 1. The molecule has 1 aromatic carbocycles.